The second-order valence-electron chi connectivity index (χ2n) is 6.29. The normalized spacial score (nSPS) is 26.4. The second-order valence-corrected chi connectivity index (χ2v) is 7.44. The standard InChI is InChI=1S/C16H23N5O5S/c1-18-9-2-4-19-14-11(9)20-7-21(14)15-13(23)12(22)10(26-15)6-27-5-3-8(17)16(24)25/h2,4,7-8,10,12-13,15,22-23H,3,5-6,17H2,1H3,(H,18,19)(H,24,25). The van der Waals surface area contributed by atoms with Gasteiger partial charge in [-0.15, -0.1) is 0 Å². The fourth-order valence-electron chi connectivity index (χ4n) is 2.95. The van der Waals surface area contributed by atoms with Gasteiger partial charge in [0.2, 0.25) is 0 Å². The van der Waals surface area contributed by atoms with Crippen molar-refractivity contribution in [3.05, 3.63) is 18.6 Å². The zero-order valence-corrected chi connectivity index (χ0v) is 15.5. The zero-order valence-electron chi connectivity index (χ0n) is 14.7. The van der Waals surface area contributed by atoms with Gasteiger partial charge in [0.15, 0.2) is 11.9 Å². The SMILES string of the molecule is CNc1ccnc2c1ncn2C1OC(CSCCC(N)C(=O)O)C(O)C1O. The van der Waals surface area contributed by atoms with Gasteiger partial charge in [0.25, 0.3) is 0 Å². The van der Waals surface area contributed by atoms with E-state index in [0.29, 0.717) is 29.1 Å². The van der Waals surface area contributed by atoms with Crippen molar-refractivity contribution in [1.29, 1.82) is 0 Å². The van der Waals surface area contributed by atoms with E-state index in [4.69, 9.17) is 15.6 Å². The van der Waals surface area contributed by atoms with Gasteiger partial charge in [0.1, 0.15) is 23.8 Å². The fraction of sp³-hybridized carbons (Fsp3) is 0.562. The van der Waals surface area contributed by atoms with Crippen LogP contribution in [-0.2, 0) is 9.53 Å². The first kappa shape index (κ1) is 19.8. The van der Waals surface area contributed by atoms with Crippen LogP contribution >= 0.6 is 11.8 Å². The van der Waals surface area contributed by atoms with Gasteiger partial charge in [0.05, 0.1) is 18.1 Å². The molecule has 0 aromatic carbocycles. The summed E-state index contributed by atoms with van der Waals surface area (Å²) in [5.41, 5.74) is 7.45. The number of aliphatic hydroxyl groups excluding tert-OH is 2. The van der Waals surface area contributed by atoms with Gasteiger partial charge in [0, 0.05) is 19.0 Å². The molecule has 5 atom stereocenters. The number of hydrogen-bond acceptors (Lipinski definition) is 9. The number of nitrogens with two attached hydrogens (primary N) is 1. The number of carboxylic acid groups (broad SMARTS) is 1. The monoisotopic (exact) mass is 397 g/mol. The zero-order chi connectivity index (χ0) is 19.6. The summed E-state index contributed by atoms with van der Waals surface area (Å²) in [5, 5.41) is 32.6. The highest BCUT2D eigenvalue weighted by Crippen LogP contribution is 2.33. The van der Waals surface area contributed by atoms with Crippen molar-refractivity contribution in [2.75, 3.05) is 23.9 Å². The number of carbonyl (C=O) groups is 1. The summed E-state index contributed by atoms with van der Waals surface area (Å²) in [7, 11) is 1.78. The third kappa shape index (κ3) is 4.01. The average Bonchev–Trinajstić information content (AvgIpc) is 3.20. The van der Waals surface area contributed by atoms with Crippen molar-refractivity contribution in [2.45, 2.75) is 37.0 Å². The topological polar surface area (TPSA) is 156 Å². The first-order chi connectivity index (χ1) is 12.9. The number of ether oxygens (including phenoxy) is 1. The van der Waals surface area contributed by atoms with Crippen LogP contribution in [-0.4, -0.2) is 78.7 Å². The lowest BCUT2D eigenvalue weighted by atomic mass is 10.1. The van der Waals surface area contributed by atoms with Gasteiger partial charge in [-0.1, -0.05) is 0 Å². The van der Waals surface area contributed by atoms with Crippen LogP contribution in [0.25, 0.3) is 11.2 Å². The van der Waals surface area contributed by atoms with Crippen molar-refractivity contribution in [1.82, 2.24) is 14.5 Å². The summed E-state index contributed by atoms with van der Waals surface area (Å²) in [5.74, 6) is -0.117. The summed E-state index contributed by atoms with van der Waals surface area (Å²) in [6.07, 6.45) is -0.131. The van der Waals surface area contributed by atoms with Crippen molar-refractivity contribution in [3.63, 3.8) is 0 Å². The fourth-order valence-corrected chi connectivity index (χ4v) is 4.05. The summed E-state index contributed by atoms with van der Waals surface area (Å²) in [6, 6.07) is 0.886. The maximum absolute atomic E-state index is 10.7. The summed E-state index contributed by atoms with van der Waals surface area (Å²) in [6.45, 7) is 0. The molecule has 27 heavy (non-hydrogen) atoms. The van der Waals surface area contributed by atoms with E-state index in [2.05, 4.69) is 15.3 Å². The maximum Gasteiger partial charge on any atom is 0.320 e. The van der Waals surface area contributed by atoms with E-state index in [1.165, 1.54) is 18.1 Å². The Hall–Kier alpha value is -1.92. The third-order valence-corrected chi connectivity index (χ3v) is 5.60. The Morgan fingerprint density at radius 2 is 2.22 bits per heavy atom. The minimum atomic E-state index is -1.13. The molecule has 3 heterocycles. The van der Waals surface area contributed by atoms with E-state index in [-0.39, 0.29) is 0 Å². The number of aliphatic hydroxyl groups is 2. The van der Waals surface area contributed by atoms with Crippen molar-refractivity contribution in [2.24, 2.45) is 5.73 Å². The lowest BCUT2D eigenvalue weighted by Crippen LogP contribution is -2.33. The molecule has 0 spiro atoms. The molecule has 6 N–H and O–H groups in total. The minimum absolute atomic E-state index is 0.317. The lowest BCUT2D eigenvalue weighted by molar-refractivity contribution is -0.138. The molecule has 1 fully saturated rings. The largest absolute Gasteiger partial charge is 0.480 e. The van der Waals surface area contributed by atoms with Gasteiger partial charge in [-0.05, 0) is 18.2 Å². The predicted octanol–water partition coefficient (Wildman–Crippen LogP) is -0.373. The van der Waals surface area contributed by atoms with Gasteiger partial charge in [-0.3, -0.25) is 9.36 Å². The van der Waals surface area contributed by atoms with Crippen molar-refractivity contribution >= 4 is 34.6 Å². The molecule has 0 radical (unpaired) electrons. The van der Waals surface area contributed by atoms with Crippen molar-refractivity contribution in [3.8, 4) is 0 Å². The van der Waals surface area contributed by atoms with Crippen LogP contribution in [0.2, 0.25) is 0 Å². The molecular weight excluding hydrogens is 374 g/mol. The highest BCUT2D eigenvalue weighted by atomic mass is 32.2. The molecule has 0 amide bonds. The van der Waals surface area contributed by atoms with E-state index in [0.717, 1.165) is 5.69 Å². The van der Waals surface area contributed by atoms with E-state index in [9.17, 15) is 15.0 Å². The summed E-state index contributed by atoms with van der Waals surface area (Å²) < 4.78 is 7.47. The average molecular weight is 397 g/mol. The molecule has 1 aliphatic rings. The molecule has 2 aromatic rings. The Bertz CT molecular complexity index is 803. The molecule has 11 heteroatoms. The van der Waals surface area contributed by atoms with E-state index in [1.807, 2.05) is 0 Å². The highest BCUT2D eigenvalue weighted by Gasteiger charge is 2.44. The number of imidazole rings is 1. The van der Waals surface area contributed by atoms with Crippen LogP contribution in [0.4, 0.5) is 5.69 Å². The molecule has 0 aliphatic carbocycles. The Morgan fingerprint density at radius 3 is 2.93 bits per heavy atom. The van der Waals surface area contributed by atoms with Crippen LogP contribution in [0.3, 0.4) is 0 Å². The number of thioether (sulfide) groups is 1. The van der Waals surface area contributed by atoms with Gasteiger partial charge < -0.3 is 31.1 Å². The second kappa shape index (κ2) is 8.40. The Balaban J connectivity index is 1.66. The molecule has 10 nitrogen and oxygen atoms in total. The number of nitrogens with one attached hydrogen (secondary N) is 1. The third-order valence-electron chi connectivity index (χ3n) is 4.51. The number of aromatic nitrogens is 3. The maximum atomic E-state index is 10.7. The molecule has 1 aliphatic heterocycles. The van der Waals surface area contributed by atoms with Crippen LogP contribution in [0.1, 0.15) is 12.6 Å². The highest BCUT2D eigenvalue weighted by molar-refractivity contribution is 7.99. The van der Waals surface area contributed by atoms with Crippen LogP contribution in [0.15, 0.2) is 18.6 Å². The summed E-state index contributed by atoms with van der Waals surface area (Å²) >= 11 is 1.42. The first-order valence-corrected chi connectivity index (χ1v) is 9.66. The van der Waals surface area contributed by atoms with E-state index >= 15 is 0 Å². The molecule has 0 bridgehead atoms. The van der Waals surface area contributed by atoms with Crippen LogP contribution < -0.4 is 11.1 Å². The molecule has 1 saturated heterocycles. The molecule has 3 rings (SSSR count). The Kier molecular flexibility index (Phi) is 6.17. The molecule has 5 unspecified atom stereocenters. The van der Waals surface area contributed by atoms with E-state index < -0.39 is 36.6 Å². The lowest BCUT2D eigenvalue weighted by Gasteiger charge is -2.16. The molecular formula is C16H23N5O5S. The van der Waals surface area contributed by atoms with Gasteiger partial charge >= 0.3 is 5.97 Å². The number of carboxylic acids is 1. The number of rotatable bonds is 8. The predicted molar refractivity (Wildman–Crippen MR) is 101 cm³/mol. The minimum Gasteiger partial charge on any atom is -0.480 e. The van der Waals surface area contributed by atoms with Crippen LogP contribution in [0.5, 0.6) is 0 Å². The smallest absolute Gasteiger partial charge is 0.320 e. The Labute approximate surface area is 159 Å². The summed E-state index contributed by atoms with van der Waals surface area (Å²) in [4.78, 5) is 19.3. The van der Waals surface area contributed by atoms with Gasteiger partial charge in [-0.25, -0.2) is 9.97 Å². The Morgan fingerprint density at radius 1 is 1.44 bits per heavy atom. The number of fused-ring (bicyclic) bond motifs is 1. The van der Waals surface area contributed by atoms with E-state index in [1.54, 1.807) is 23.9 Å². The van der Waals surface area contributed by atoms with Crippen molar-refractivity contribution < 1.29 is 24.9 Å². The number of pyridine rings is 1. The number of hydrogen-bond donors (Lipinski definition) is 5. The number of anilines is 1. The molecule has 2 aromatic heterocycles. The molecule has 148 valence electrons. The first-order valence-electron chi connectivity index (χ1n) is 8.51. The van der Waals surface area contributed by atoms with Gasteiger partial charge in [-0.2, -0.15) is 11.8 Å². The number of aliphatic carboxylic acids is 1. The molecule has 0 saturated carbocycles. The van der Waals surface area contributed by atoms with Crippen LogP contribution in [0, 0.1) is 0 Å². The number of nitrogens with zero attached hydrogens (tertiary/aromatic N) is 3. The quantitative estimate of drug-likeness (QED) is 0.372.